The lowest BCUT2D eigenvalue weighted by Gasteiger charge is -2.08. The number of ether oxygens (including phenoxy) is 2. The van der Waals surface area contributed by atoms with Gasteiger partial charge in [0.25, 0.3) is 0 Å². The molecular formula is C16H29N3O4. The molecule has 0 unspecified atom stereocenters. The van der Waals surface area contributed by atoms with Gasteiger partial charge in [0.15, 0.2) is 0 Å². The van der Waals surface area contributed by atoms with Gasteiger partial charge in [-0.1, -0.05) is 13.2 Å². The second-order valence-corrected chi connectivity index (χ2v) is 5.08. The highest BCUT2D eigenvalue weighted by Gasteiger charge is 2.02. The molecule has 0 aliphatic rings. The summed E-state index contributed by atoms with van der Waals surface area (Å²) in [7, 11) is 0. The summed E-state index contributed by atoms with van der Waals surface area (Å²) in [5, 5.41) is 9.57. The molecule has 0 rings (SSSR count). The highest BCUT2D eigenvalue weighted by Crippen LogP contribution is 1.91. The highest BCUT2D eigenvalue weighted by molar-refractivity contribution is 5.87. The molecule has 0 fully saturated rings. The molecule has 0 aliphatic carbocycles. The molecule has 7 nitrogen and oxygen atoms in total. The van der Waals surface area contributed by atoms with Gasteiger partial charge in [-0.15, -0.1) is 0 Å². The predicted molar refractivity (Wildman–Crippen MR) is 90.2 cm³/mol. The number of hydrogen-bond donors (Lipinski definition) is 3. The first kappa shape index (κ1) is 21.3. The molecule has 3 N–H and O–H groups in total. The van der Waals surface area contributed by atoms with Crippen molar-refractivity contribution in [3.05, 3.63) is 24.3 Å². The molecule has 0 aromatic heterocycles. The fraction of sp³-hybridized carbons (Fsp3) is 0.625. The molecular weight excluding hydrogens is 298 g/mol. The van der Waals surface area contributed by atoms with Crippen LogP contribution in [0, 0.1) is 0 Å². The molecule has 0 aromatic rings. The molecule has 0 aromatic carbocycles. The first-order valence-electron chi connectivity index (χ1n) is 7.72. The van der Waals surface area contributed by atoms with Gasteiger partial charge in [-0.3, -0.25) is 0 Å². The fourth-order valence-electron chi connectivity index (χ4n) is 1.41. The van der Waals surface area contributed by atoms with E-state index in [0.29, 0.717) is 37.4 Å². The number of hydrogen-bond acceptors (Lipinski definition) is 7. The van der Waals surface area contributed by atoms with E-state index in [1.54, 1.807) is 13.8 Å². The van der Waals surface area contributed by atoms with Crippen molar-refractivity contribution in [1.29, 1.82) is 0 Å². The van der Waals surface area contributed by atoms with Crippen LogP contribution in [0.5, 0.6) is 0 Å². The monoisotopic (exact) mass is 327 g/mol. The molecule has 0 radical (unpaired) electrons. The van der Waals surface area contributed by atoms with Gasteiger partial charge in [0.05, 0.1) is 0 Å². The quantitative estimate of drug-likeness (QED) is 0.235. The van der Waals surface area contributed by atoms with Crippen molar-refractivity contribution in [3.8, 4) is 0 Å². The third kappa shape index (κ3) is 13.7. The third-order valence-electron chi connectivity index (χ3n) is 2.68. The van der Waals surface area contributed by atoms with Gasteiger partial charge in [-0.2, -0.15) is 0 Å². The molecule has 0 saturated carbocycles. The number of carbonyl (C=O) groups excluding carboxylic acids is 2. The second kappa shape index (κ2) is 13.9. The lowest BCUT2D eigenvalue weighted by molar-refractivity contribution is -0.139. The van der Waals surface area contributed by atoms with Crippen LogP contribution in [0.1, 0.15) is 13.8 Å². The van der Waals surface area contributed by atoms with E-state index in [0.717, 1.165) is 26.2 Å². The molecule has 0 saturated heterocycles. The molecule has 0 bridgehead atoms. The van der Waals surface area contributed by atoms with Crippen LogP contribution in [0.3, 0.4) is 0 Å². The van der Waals surface area contributed by atoms with E-state index >= 15 is 0 Å². The summed E-state index contributed by atoms with van der Waals surface area (Å²) < 4.78 is 9.89. The standard InChI is InChI=1S/C16H29N3O4/c1-13(2)15(20)22-11-9-18-7-5-17-6-8-19-10-12-23-16(21)14(3)4/h17-19H,1,3,5-12H2,2,4H3. The molecule has 7 heteroatoms. The Labute approximate surface area is 138 Å². The molecule has 23 heavy (non-hydrogen) atoms. The summed E-state index contributed by atoms with van der Waals surface area (Å²) >= 11 is 0. The maximum atomic E-state index is 11.1. The predicted octanol–water partition coefficient (Wildman–Crippen LogP) is -0.00620. The van der Waals surface area contributed by atoms with Crippen LogP contribution in [0.25, 0.3) is 0 Å². The number of esters is 2. The van der Waals surface area contributed by atoms with Crippen molar-refractivity contribution < 1.29 is 19.1 Å². The molecule has 0 aliphatic heterocycles. The van der Waals surface area contributed by atoms with E-state index in [1.807, 2.05) is 0 Å². The van der Waals surface area contributed by atoms with Crippen molar-refractivity contribution >= 4 is 11.9 Å². The Morgan fingerprint density at radius 2 is 1.00 bits per heavy atom. The van der Waals surface area contributed by atoms with Gasteiger partial charge in [0.2, 0.25) is 0 Å². The van der Waals surface area contributed by atoms with Gasteiger partial charge in [-0.05, 0) is 13.8 Å². The van der Waals surface area contributed by atoms with E-state index in [9.17, 15) is 9.59 Å². The Balaban J connectivity index is 3.19. The Hall–Kier alpha value is -1.70. The zero-order valence-corrected chi connectivity index (χ0v) is 14.2. The molecule has 0 amide bonds. The average molecular weight is 327 g/mol. The minimum absolute atomic E-state index is 0.343. The third-order valence-corrected chi connectivity index (χ3v) is 2.68. The molecule has 0 spiro atoms. The molecule has 132 valence electrons. The zero-order valence-electron chi connectivity index (χ0n) is 14.2. The summed E-state index contributed by atoms with van der Waals surface area (Å²) in [5.41, 5.74) is 0.821. The number of rotatable bonds is 14. The van der Waals surface area contributed by atoms with Gasteiger partial charge in [-0.25, -0.2) is 9.59 Å². The van der Waals surface area contributed by atoms with Gasteiger partial charge in [0, 0.05) is 50.4 Å². The van der Waals surface area contributed by atoms with E-state index in [2.05, 4.69) is 29.1 Å². The van der Waals surface area contributed by atoms with Crippen molar-refractivity contribution in [2.75, 3.05) is 52.5 Å². The number of nitrogens with one attached hydrogen (secondary N) is 3. The van der Waals surface area contributed by atoms with Gasteiger partial charge < -0.3 is 25.4 Å². The lowest BCUT2D eigenvalue weighted by Crippen LogP contribution is -2.34. The Morgan fingerprint density at radius 3 is 1.30 bits per heavy atom. The van der Waals surface area contributed by atoms with Crippen LogP contribution in [-0.2, 0) is 19.1 Å². The van der Waals surface area contributed by atoms with Crippen LogP contribution < -0.4 is 16.0 Å². The minimum atomic E-state index is -0.357. The van der Waals surface area contributed by atoms with Crippen LogP contribution in [0.15, 0.2) is 24.3 Å². The molecule has 0 heterocycles. The largest absolute Gasteiger partial charge is 0.461 e. The van der Waals surface area contributed by atoms with Crippen molar-refractivity contribution in [2.45, 2.75) is 13.8 Å². The summed E-state index contributed by atoms with van der Waals surface area (Å²) in [6.45, 7) is 15.4. The topological polar surface area (TPSA) is 88.7 Å². The smallest absolute Gasteiger partial charge is 0.333 e. The van der Waals surface area contributed by atoms with Crippen LogP contribution >= 0.6 is 0 Å². The first-order chi connectivity index (χ1) is 10.9. The van der Waals surface area contributed by atoms with Gasteiger partial charge in [0.1, 0.15) is 13.2 Å². The highest BCUT2D eigenvalue weighted by atomic mass is 16.5. The van der Waals surface area contributed by atoms with Crippen LogP contribution in [-0.4, -0.2) is 64.4 Å². The van der Waals surface area contributed by atoms with Crippen molar-refractivity contribution in [3.63, 3.8) is 0 Å². The molecule has 0 atom stereocenters. The van der Waals surface area contributed by atoms with E-state index in [4.69, 9.17) is 9.47 Å². The van der Waals surface area contributed by atoms with E-state index in [1.165, 1.54) is 0 Å². The maximum absolute atomic E-state index is 11.1. The number of carbonyl (C=O) groups is 2. The van der Waals surface area contributed by atoms with Crippen molar-refractivity contribution in [2.24, 2.45) is 0 Å². The second-order valence-electron chi connectivity index (χ2n) is 5.08. The van der Waals surface area contributed by atoms with E-state index < -0.39 is 0 Å². The lowest BCUT2D eigenvalue weighted by atomic mass is 10.4. The fourth-order valence-corrected chi connectivity index (χ4v) is 1.41. The average Bonchev–Trinajstić information content (AvgIpc) is 2.50. The first-order valence-corrected chi connectivity index (χ1v) is 7.72. The summed E-state index contributed by atoms with van der Waals surface area (Å²) in [6, 6.07) is 0. The summed E-state index contributed by atoms with van der Waals surface area (Å²) in [4.78, 5) is 22.2. The maximum Gasteiger partial charge on any atom is 0.333 e. The van der Waals surface area contributed by atoms with Crippen molar-refractivity contribution in [1.82, 2.24) is 16.0 Å². The van der Waals surface area contributed by atoms with Crippen LogP contribution in [0.4, 0.5) is 0 Å². The zero-order chi connectivity index (χ0) is 17.5. The normalized spacial score (nSPS) is 10.2. The Kier molecular flexibility index (Phi) is 12.9. The van der Waals surface area contributed by atoms with Gasteiger partial charge >= 0.3 is 11.9 Å². The Bertz CT molecular complexity index is 361. The van der Waals surface area contributed by atoms with E-state index in [-0.39, 0.29) is 11.9 Å². The van der Waals surface area contributed by atoms with Crippen LogP contribution in [0.2, 0.25) is 0 Å². The Morgan fingerprint density at radius 1 is 0.696 bits per heavy atom. The SMILES string of the molecule is C=C(C)C(=O)OCCNCCNCCNCCOC(=O)C(=C)C. The minimum Gasteiger partial charge on any atom is -0.461 e. The summed E-state index contributed by atoms with van der Waals surface area (Å²) in [5.74, 6) is -0.713. The summed E-state index contributed by atoms with van der Waals surface area (Å²) in [6.07, 6.45) is 0.